The van der Waals surface area contributed by atoms with Gasteiger partial charge in [-0.3, -0.25) is 9.59 Å². The lowest BCUT2D eigenvalue weighted by Gasteiger charge is -2.32. The van der Waals surface area contributed by atoms with Crippen molar-refractivity contribution in [3.63, 3.8) is 0 Å². The molecule has 2 aromatic carbocycles. The second-order valence-electron chi connectivity index (χ2n) is 8.89. The lowest BCUT2D eigenvalue weighted by molar-refractivity contribution is -0.121. The highest BCUT2D eigenvalue weighted by Gasteiger charge is 2.24. The predicted octanol–water partition coefficient (Wildman–Crippen LogP) is 4.07. The Labute approximate surface area is 209 Å². The van der Waals surface area contributed by atoms with Gasteiger partial charge in [-0.1, -0.05) is 31.2 Å². The van der Waals surface area contributed by atoms with Crippen LogP contribution < -0.4 is 5.32 Å². The third kappa shape index (κ3) is 4.68. The number of benzene rings is 2. The SMILES string of the molecule is CCC(=O)NC1CCN(C(=O)c2ccc(-c3ccn4ncc(-c5ccc(C#N)cc5)c4n3)cc2)CC1. The van der Waals surface area contributed by atoms with Crippen LogP contribution in [0.3, 0.4) is 0 Å². The van der Waals surface area contributed by atoms with Gasteiger partial charge in [0, 0.05) is 48.4 Å². The Morgan fingerprint density at radius 2 is 1.72 bits per heavy atom. The van der Waals surface area contributed by atoms with Crippen LogP contribution in [0.4, 0.5) is 0 Å². The third-order valence-corrected chi connectivity index (χ3v) is 6.59. The van der Waals surface area contributed by atoms with E-state index in [0.29, 0.717) is 30.6 Å². The van der Waals surface area contributed by atoms with Gasteiger partial charge >= 0.3 is 0 Å². The summed E-state index contributed by atoms with van der Waals surface area (Å²) in [5.41, 5.74) is 5.46. The minimum Gasteiger partial charge on any atom is -0.353 e. The van der Waals surface area contributed by atoms with Crippen molar-refractivity contribution in [2.24, 2.45) is 0 Å². The summed E-state index contributed by atoms with van der Waals surface area (Å²) in [6, 6.07) is 19.0. The molecule has 1 fully saturated rings. The zero-order valence-corrected chi connectivity index (χ0v) is 20.0. The van der Waals surface area contributed by atoms with Crippen LogP contribution in [0.15, 0.2) is 67.0 Å². The Hall–Kier alpha value is -4.51. The molecule has 0 radical (unpaired) electrons. The summed E-state index contributed by atoms with van der Waals surface area (Å²) in [4.78, 5) is 31.3. The van der Waals surface area contributed by atoms with E-state index in [2.05, 4.69) is 16.5 Å². The first kappa shape index (κ1) is 23.2. The van der Waals surface area contributed by atoms with Crippen LogP contribution in [0.1, 0.15) is 42.1 Å². The molecule has 0 bridgehead atoms. The fourth-order valence-electron chi connectivity index (χ4n) is 4.48. The highest BCUT2D eigenvalue weighted by molar-refractivity contribution is 5.94. The molecule has 2 aromatic heterocycles. The molecule has 3 heterocycles. The average Bonchev–Trinajstić information content (AvgIpc) is 3.36. The highest BCUT2D eigenvalue weighted by Crippen LogP contribution is 2.26. The quantitative estimate of drug-likeness (QED) is 0.466. The van der Waals surface area contributed by atoms with E-state index in [1.807, 2.05) is 60.5 Å². The number of fused-ring (bicyclic) bond motifs is 1. The second-order valence-corrected chi connectivity index (χ2v) is 8.89. The van der Waals surface area contributed by atoms with Crippen molar-refractivity contribution in [2.45, 2.75) is 32.2 Å². The number of carbonyl (C=O) groups is 2. The number of carbonyl (C=O) groups excluding carboxylic acids is 2. The lowest BCUT2D eigenvalue weighted by Crippen LogP contribution is -2.46. The molecule has 36 heavy (non-hydrogen) atoms. The molecule has 0 unspecified atom stereocenters. The number of aromatic nitrogens is 3. The van der Waals surface area contributed by atoms with E-state index < -0.39 is 0 Å². The van der Waals surface area contributed by atoms with Crippen molar-refractivity contribution < 1.29 is 9.59 Å². The standard InChI is InChI=1S/C28H26N6O2/c1-2-26(35)31-23-11-14-33(15-12-23)28(36)22-9-7-21(8-10-22)25-13-16-34-27(32-25)24(18-30-34)20-5-3-19(17-29)4-6-20/h3-10,13,16,18,23H,2,11-12,14-15H2,1H3,(H,31,35). The molecule has 0 aliphatic carbocycles. The van der Waals surface area contributed by atoms with Gasteiger partial charge in [-0.25, -0.2) is 9.50 Å². The van der Waals surface area contributed by atoms with E-state index in [1.165, 1.54) is 0 Å². The summed E-state index contributed by atoms with van der Waals surface area (Å²) < 4.78 is 1.72. The molecular formula is C28H26N6O2. The molecule has 1 aliphatic heterocycles. The highest BCUT2D eigenvalue weighted by atomic mass is 16.2. The second kappa shape index (κ2) is 10.0. The number of hydrogen-bond donors (Lipinski definition) is 1. The first-order chi connectivity index (χ1) is 17.6. The van der Waals surface area contributed by atoms with Crippen LogP contribution >= 0.6 is 0 Å². The molecule has 8 heteroatoms. The fraction of sp³-hybridized carbons (Fsp3) is 0.250. The Bertz CT molecular complexity index is 1440. The van der Waals surface area contributed by atoms with Gasteiger partial charge in [0.25, 0.3) is 5.91 Å². The number of rotatable bonds is 5. The number of nitrogens with one attached hydrogen (secondary N) is 1. The normalized spacial score (nSPS) is 13.9. The van der Waals surface area contributed by atoms with Crippen molar-refractivity contribution in [3.05, 3.63) is 78.1 Å². The Morgan fingerprint density at radius 1 is 1.03 bits per heavy atom. The minimum absolute atomic E-state index is 0.00382. The molecule has 5 rings (SSSR count). The number of piperidine rings is 1. The average molecular weight is 479 g/mol. The number of likely N-dealkylation sites (tertiary alicyclic amines) is 1. The van der Waals surface area contributed by atoms with E-state index in [1.54, 1.807) is 22.8 Å². The molecular weight excluding hydrogens is 452 g/mol. The molecule has 0 saturated carbocycles. The predicted molar refractivity (Wildman–Crippen MR) is 136 cm³/mol. The van der Waals surface area contributed by atoms with E-state index >= 15 is 0 Å². The van der Waals surface area contributed by atoms with Gasteiger partial charge < -0.3 is 10.2 Å². The van der Waals surface area contributed by atoms with Crippen LogP contribution in [0.25, 0.3) is 28.0 Å². The molecule has 8 nitrogen and oxygen atoms in total. The maximum atomic E-state index is 13.0. The van der Waals surface area contributed by atoms with E-state index in [4.69, 9.17) is 10.2 Å². The van der Waals surface area contributed by atoms with Crippen molar-refractivity contribution in [1.29, 1.82) is 5.26 Å². The van der Waals surface area contributed by atoms with Crippen LogP contribution in [0, 0.1) is 11.3 Å². The Balaban J connectivity index is 1.31. The zero-order chi connectivity index (χ0) is 25.1. The van der Waals surface area contributed by atoms with Crippen LogP contribution in [0.5, 0.6) is 0 Å². The molecule has 4 aromatic rings. The summed E-state index contributed by atoms with van der Waals surface area (Å²) in [5, 5.41) is 16.5. The van der Waals surface area contributed by atoms with E-state index in [0.717, 1.165) is 40.9 Å². The van der Waals surface area contributed by atoms with Gasteiger partial charge in [0.05, 0.1) is 23.5 Å². The smallest absolute Gasteiger partial charge is 0.253 e. The van der Waals surface area contributed by atoms with Gasteiger partial charge in [-0.05, 0) is 48.7 Å². The monoisotopic (exact) mass is 478 g/mol. The minimum atomic E-state index is 0.00382. The van der Waals surface area contributed by atoms with Crippen molar-refractivity contribution in [3.8, 4) is 28.5 Å². The third-order valence-electron chi connectivity index (χ3n) is 6.59. The van der Waals surface area contributed by atoms with E-state index in [9.17, 15) is 9.59 Å². The van der Waals surface area contributed by atoms with Gasteiger partial charge in [0.15, 0.2) is 5.65 Å². The molecule has 0 atom stereocenters. The maximum Gasteiger partial charge on any atom is 0.253 e. The first-order valence-electron chi connectivity index (χ1n) is 12.1. The van der Waals surface area contributed by atoms with Gasteiger partial charge in [-0.2, -0.15) is 10.4 Å². The largest absolute Gasteiger partial charge is 0.353 e. The zero-order valence-electron chi connectivity index (χ0n) is 20.0. The van der Waals surface area contributed by atoms with E-state index in [-0.39, 0.29) is 17.9 Å². The molecule has 1 N–H and O–H groups in total. The molecule has 1 aliphatic rings. The Kier molecular flexibility index (Phi) is 6.46. The number of nitriles is 1. The van der Waals surface area contributed by atoms with Gasteiger partial charge in [-0.15, -0.1) is 0 Å². The molecule has 1 saturated heterocycles. The summed E-state index contributed by atoms with van der Waals surface area (Å²) >= 11 is 0. The molecule has 0 spiro atoms. The first-order valence-corrected chi connectivity index (χ1v) is 12.1. The van der Waals surface area contributed by atoms with Gasteiger partial charge in [0.2, 0.25) is 5.91 Å². The van der Waals surface area contributed by atoms with Crippen LogP contribution in [-0.2, 0) is 4.79 Å². The molecule has 180 valence electrons. The summed E-state index contributed by atoms with van der Waals surface area (Å²) in [7, 11) is 0. The lowest BCUT2D eigenvalue weighted by atomic mass is 10.0. The number of hydrogen-bond acceptors (Lipinski definition) is 5. The number of nitrogens with zero attached hydrogens (tertiary/aromatic N) is 5. The maximum absolute atomic E-state index is 13.0. The van der Waals surface area contributed by atoms with Crippen molar-refractivity contribution >= 4 is 17.5 Å². The fourth-order valence-corrected chi connectivity index (χ4v) is 4.48. The summed E-state index contributed by atoms with van der Waals surface area (Å²) in [6.07, 6.45) is 5.65. The van der Waals surface area contributed by atoms with Crippen LogP contribution in [0.2, 0.25) is 0 Å². The summed E-state index contributed by atoms with van der Waals surface area (Å²) in [5.74, 6) is 0.0613. The molecule has 2 amide bonds. The van der Waals surface area contributed by atoms with Crippen molar-refractivity contribution in [1.82, 2.24) is 24.8 Å². The van der Waals surface area contributed by atoms with Gasteiger partial charge in [0.1, 0.15) is 0 Å². The Morgan fingerprint density at radius 3 is 2.39 bits per heavy atom. The van der Waals surface area contributed by atoms with Crippen molar-refractivity contribution in [2.75, 3.05) is 13.1 Å². The van der Waals surface area contributed by atoms with Crippen LogP contribution in [-0.4, -0.2) is 50.4 Å². The summed E-state index contributed by atoms with van der Waals surface area (Å²) in [6.45, 7) is 3.11. The number of amides is 2. The topological polar surface area (TPSA) is 103 Å².